The molecule has 0 amide bonds. The maximum Gasteiger partial charge on any atom is 0.156 e. The standard InChI is InChI=1S/C15H19BrFNO2/c1-15(2,18-3-5-20-6-4-18)14(19)9-11-7-12(16)10-13(17)8-11/h7-8,10H,3-6,9H2,1-2H3. The molecule has 20 heavy (non-hydrogen) atoms. The molecule has 0 saturated carbocycles. The lowest BCUT2D eigenvalue weighted by atomic mass is 9.91. The summed E-state index contributed by atoms with van der Waals surface area (Å²) in [6, 6.07) is 4.59. The van der Waals surface area contributed by atoms with Crippen molar-refractivity contribution in [2.45, 2.75) is 25.8 Å². The summed E-state index contributed by atoms with van der Waals surface area (Å²) < 4.78 is 19.3. The van der Waals surface area contributed by atoms with Crippen molar-refractivity contribution in [1.29, 1.82) is 0 Å². The Morgan fingerprint density at radius 3 is 2.60 bits per heavy atom. The first-order chi connectivity index (χ1) is 9.39. The molecule has 1 heterocycles. The summed E-state index contributed by atoms with van der Waals surface area (Å²) in [6.45, 7) is 6.67. The number of ether oxygens (including phenoxy) is 1. The van der Waals surface area contributed by atoms with E-state index in [4.69, 9.17) is 4.74 Å². The topological polar surface area (TPSA) is 29.5 Å². The quantitative estimate of drug-likeness (QED) is 0.841. The number of benzene rings is 1. The van der Waals surface area contributed by atoms with Crippen molar-refractivity contribution < 1.29 is 13.9 Å². The first-order valence-electron chi connectivity index (χ1n) is 6.70. The molecule has 1 aromatic carbocycles. The van der Waals surface area contributed by atoms with Gasteiger partial charge in [-0.2, -0.15) is 0 Å². The van der Waals surface area contributed by atoms with Crippen LogP contribution in [0.25, 0.3) is 0 Å². The van der Waals surface area contributed by atoms with Gasteiger partial charge in [-0.1, -0.05) is 15.9 Å². The van der Waals surface area contributed by atoms with E-state index >= 15 is 0 Å². The molecule has 0 bridgehead atoms. The van der Waals surface area contributed by atoms with E-state index in [9.17, 15) is 9.18 Å². The molecule has 0 aliphatic carbocycles. The highest BCUT2D eigenvalue weighted by molar-refractivity contribution is 9.10. The van der Waals surface area contributed by atoms with Gasteiger partial charge < -0.3 is 4.74 Å². The van der Waals surface area contributed by atoms with Crippen molar-refractivity contribution >= 4 is 21.7 Å². The van der Waals surface area contributed by atoms with E-state index in [0.29, 0.717) is 23.2 Å². The zero-order chi connectivity index (χ0) is 14.8. The number of hydrogen-bond acceptors (Lipinski definition) is 3. The Hall–Kier alpha value is -0.780. The summed E-state index contributed by atoms with van der Waals surface area (Å²) in [5.74, 6) is -0.233. The average molecular weight is 344 g/mol. The Kier molecular flexibility index (Phi) is 4.94. The van der Waals surface area contributed by atoms with Gasteiger partial charge in [0.1, 0.15) is 5.82 Å². The third-order valence-electron chi connectivity index (χ3n) is 3.77. The van der Waals surface area contributed by atoms with Crippen LogP contribution in [0, 0.1) is 5.82 Å². The highest BCUT2D eigenvalue weighted by Crippen LogP contribution is 2.21. The number of ketones is 1. The molecule has 0 atom stereocenters. The third-order valence-corrected chi connectivity index (χ3v) is 4.23. The average Bonchev–Trinajstić information content (AvgIpc) is 2.38. The molecular formula is C15H19BrFNO2. The van der Waals surface area contributed by atoms with Crippen molar-refractivity contribution in [1.82, 2.24) is 4.90 Å². The number of Topliss-reactive ketones (excluding diaryl/α,β-unsaturated/α-hetero) is 1. The van der Waals surface area contributed by atoms with Crippen molar-refractivity contribution in [2.75, 3.05) is 26.3 Å². The van der Waals surface area contributed by atoms with Gasteiger partial charge in [-0.05, 0) is 37.6 Å². The maximum atomic E-state index is 13.4. The van der Waals surface area contributed by atoms with Gasteiger partial charge in [-0.3, -0.25) is 9.69 Å². The molecule has 1 saturated heterocycles. The minimum absolute atomic E-state index is 0.0944. The summed E-state index contributed by atoms with van der Waals surface area (Å²) in [6.07, 6.45) is 0.237. The van der Waals surface area contributed by atoms with E-state index in [1.165, 1.54) is 12.1 Å². The predicted octanol–water partition coefficient (Wildman–Crippen LogP) is 2.81. The van der Waals surface area contributed by atoms with E-state index in [2.05, 4.69) is 20.8 Å². The maximum absolute atomic E-state index is 13.4. The van der Waals surface area contributed by atoms with Crippen LogP contribution in [0.3, 0.4) is 0 Å². The van der Waals surface area contributed by atoms with Crippen molar-refractivity contribution in [3.05, 3.63) is 34.1 Å². The zero-order valence-electron chi connectivity index (χ0n) is 11.8. The van der Waals surface area contributed by atoms with E-state index < -0.39 is 5.54 Å². The molecular weight excluding hydrogens is 325 g/mol. The number of morpholine rings is 1. The van der Waals surface area contributed by atoms with Gasteiger partial charge in [0.05, 0.1) is 18.8 Å². The monoisotopic (exact) mass is 343 g/mol. The van der Waals surface area contributed by atoms with Gasteiger partial charge in [0.25, 0.3) is 0 Å². The van der Waals surface area contributed by atoms with Crippen LogP contribution < -0.4 is 0 Å². The lowest BCUT2D eigenvalue weighted by Crippen LogP contribution is -2.54. The molecule has 110 valence electrons. The second kappa shape index (κ2) is 6.33. The summed E-state index contributed by atoms with van der Waals surface area (Å²) in [7, 11) is 0. The molecule has 0 radical (unpaired) electrons. The van der Waals surface area contributed by atoms with Crippen LogP contribution in [0.15, 0.2) is 22.7 Å². The zero-order valence-corrected chi connectivity index (χ0v) is 13.4. The van der Waals surface area contributed by atoms with E-state index in [1.54, 1.807) is 6.07 Å². The lowest BCUT2D eigenvalue weighted by molar-refractivity contribution is -0.131. The van der Waals surface area contributed by atoms with Gasteiger partial charge in [-0.25, -0.2) is 4.39 Å². The molecule has 1 aliphatic heterocycles. The summed E-state index contributed by atoms with van der Waals surface area (Å²) >= 11 is 3.25. The fourth-order valence-corrected chi connectivity index (χ4v) is 2.93. The highest BCUT2D eigenvalue weighted by Gasteiger charge is 2.34. The van der Waals surface area contributed by atoms with E-state index in [0.717, 1.165) is 13.1 Å². The third kappa shape index (κ3) is 3.65. The van der Waals surface area contributed by atoms with E-state index in [1.807, 2.05) is 13.8 Å². The summed E-state index contributed by atoms with van der Waals surface area (Å²) in [4.78, 5) is 14.7. The Morgan fingerprint density at radius 2 is 2.00 bits per heavy atom. The Bertz CT molecular complexity index is 478. The number of carbonyl (C=O) groups is 1. The van der Waals surface area contributed by atoms with Gasteiger partial charge in [-0.15, -0.1) is 0 Å². The summed E-state index contributed by atoms with van der Waals surface area (Å²) in [5.41, 5.74) is 0.144. The first-order valence-corrected chi connectivity index (χ1v) is 7.50. The van der Waals surface area contributed by atoms with Gasteiger partial charge in [0, 0.05) is 24.0 Å². The molecule has 1 fully saturated rings. The van der Waals surface area contributed by atoms with Crippen LogP contribution in [0.4, 0.5) is 4.39 Å². The van der Waals surface area contributed by atoms with E-state index in [-0.39, 0.29) is 18.0 Å². The molecule has 1 aromatic rings. The fraction of sp³-hybridized carbons (Fsp3) is 0.533. The van der Waals surface area contributed by atoms with Crippen molar-refractivity contribution in [3.63, 3.8) is 0 Å². The SMILES string of the molecule is CC(C)(C(=O)Cc1cc(F)cc(Br)c1)N1CCOCC1. The number of halogens is 2. The Balaban J connectivity index is 2.09. The minimum atomic E-state index is -0.553. The van der Waals surface area contributed by atoms with Gasteiger partial charge in [0.15, 0.2) is 5.78 Å². The van der Waals surface area contributed by atoms with Crippen LogP contribution in [0.1, 0.15) is 19.4 Å². The molecule has 0 unspecified atom stereocenters. The molecule has 0 N–H and O–H groups in total. The normalized spacial score (nSPS) is 17.2. The number of carbonyl (C=O) groups excluding carboxylic acids is 1. The number of rotatable bonds is 4. The van der Waals surface area contributed by atoms with Gasteiger partial charge >= 0.3 is 0 Å². The van der Waals surface area contributed by atoms with Crippen molar-refractivity contribution in [2.24, 2.45) is 0 Å². The number of hydrogen-bond donors (Lipinski definition) is 0. The van der Waals surface area contributed by atoms with Crippen LogP contribution in [0.5, 0.6) is 0 Å². The number of nitrogens with zero attached hydrogens (tertiary/aromatic N) is 1. The highest BCUT2D eigenvalue weighted by atomic mass is 79.9. The summed E-state index contributed by atoms with van der Waals surface area (Å²) in [5, 5.41) is 0. The molecule has 3 nitrogen and oxygen atoms in total. The molecule has 0 aromatic heterocycles. The predicted molar refractivity (Wildman–Crippen MR) is 79.3 cm³/mol. The van der Waals surface area contributed by atoms with Crippen LogP contribution in [0.2, 0.25) is 0 Å². The van der Waals surface area contributed by atoms with Crippen molar-refractivity contribution in [3.8, 4) is 0 Å². The van der Waals surface area contributed by atoms with Crippen LogP contribution in [-0.4, -0.2) is 42.5 Å². The fourth-order valence-electron chi connectivity index (χ4n) is 2.41. The second-order valence-corrected chi connectivity index (χ2v) is 6.45. The Morgan fingerprint density at radius 1 is 1.35 bits per heavy atom. The van der Waals surface area contributed by atoms with Crippen LogP contribution >= 0.6 is 15.9 Å². The Labute approximate surface area is 127 Å². The molecule has 5 heteroatoms. The second-order valence-electron chi connectivity index (χ2n) is 5.54. The minimum Gasteiger partial charge on any atom is -0.379 e. The van der Waals surface area contributed by atoms with Crippen LogP contribution in [-0.2, 0) is 16.0 Å². The van der Waals surface area contributed by atoms with Gasteiger partial charge in [0.2, 0.25) is 0 Å². The first kappa shape index (κ1) is 15.6. The largest absolute Gasteiger partial charge is 0.379 e. The molecule has 1 aliphatic rings. The molecule has 2 rings (SSSR count). The smallest absolute Gasteiger partial charge is 0.156 e. The lowest BCUT2D eigenvalue weighted by Gasteiger charge is -2.39. The molecule has 0 spiro atoms.